The van der Waals surface area contributed by atoms with Crippen LogP contribution >= 0.6 is 11.3 Å². The summed E-state index contributed by atoms with van der Waals surface area (Å²) in [5, 5.41) is 16.0. The molecule has 124 valence electrons. The van der Waals surface area contributed by atoms with E-state index in [1.165, 1.54) is 11.3 Å². The van der Waals surface area contributed by atoms with Gasteiger partial charge in [0.25, 0.3) is 5.91 Å². The minimum Gasteiger partial charge on any atom is -0.337 e. The van der Waals surface area contributed by atoms with E-state index in [0.717, 1.165) is 18.5 Å². The molecule has 1 saturated heterocycles. The highest BCUT2D eigenvalue weighted by atomic mass is 32.1. The molecule has 2 N–H and O–H groups in total. The zero-order chi connectivity index (χ0) is 16.5. The Kier molecular flexibility index (Phi) is 3.73. The molecule has 0 aromatic carbocycles. The Labute approximate surface area is 140 Å². The molecule has 0 saturated carbocycles. The van der Waals surface area contributed by atoms with Gasteiger partial charge in [0.05, 0.1) is 18.1 Å². The van der Waals surface area contributed by atoms with Crippen molar-refractivity contribution in [2.45, 2.75) is 18.8 Å². The molecule has 1 amide bonds. The lowest BCUT2D eigenvalue weighted by Crippen LogP contribution is -2.39. The number of H-pyrrole nitrogens is 2. The molecule has 0 bridgehead atoms. The summed E-state index contributed by atoms with van der Waals surface area (Å²) in [5.41, 5.74) is 0.415. The van der Waals surface area contributed by atoms with Crippen LogP contribution in [0.5, 0.6) is 0 Å². The number of likely N-dealkylation sites (tertiary alicyclic amines) is 1. The molecule has 24 heavy (non-hydrogen) atoms. The van der Waals surface area contributed by atoms with Gasteiger partial charge in [-0.1, -0.05) is 5.21 Å². The maximum Gasteiger partial charge on any atom is 0.340 e. The molecule has 4 rings (SSSR count). The Balaban J connectivity index is 1.57. The summed E-state index contributed by atoms with van der Waals surface area (Å²) in [4.78, 5) is 29.3. The number of rotatable bonds is 3. The van der Waals surface area contributed by atoms with E-state index < -0.39 is 0 Å². The van der Waals surface area contributed by atoms with Crippen molar-refractivity contribution >= 4 is 17.2 Å². The van der Waals surface area contributed by atoms with Crippen LogP contribution in [0.15, 0.2) is 28.6 Å². The molecule has 1 aliphatic heterocycles. The Morgan fingerprint density at radius 1 is 1.42 bits per heavy atom. The van der Waals surface area contributed by atoms with Crippen LogP contribution in [0.1, 0.15) is 34.3 Å². The van der Waals surface area contributed by atoms with Crippen molar-refractivity contribution in [3.63, 3.8) is 0 Å². The lowest BCUT2D eigenvalue weighted by atomic mass is 9.97. The summed E-state index contributed by atoms with van der Waals surface area (Å²) in [5.74, 6) is 0.620. The fraction of sp³-hybridized carbons (Fsp3) is 0.357. The minimum absolute atomic E-state index is 0.0296. The number of thiophene rings is 1. The van der Waals surface area contributed by atoms with Gasteiger partial charge in [-0.15, -0.1) is 16.4 Å². The second-order valence-corrected chi connectivity index (χ2v) is 6.55. The lowest BCUT2D eigenvalue weighted by Gasteiger charge is -2.31. The Morgan fingerprint density at radius 2 is 2.33 bits per heavy atom. The van der Waals surface area contributed by atoms with E-state index in [9.17, 15) is 9.59 Å². The predicted molar refractivity (Wildman–Crippen MR) is 86.3 cm³/mol. The maximum atomic E-state index is 12.9. The minimum atomic E-state index is -0.319. The highest BCUT2D eigenvalue weighted by molar-refractivity contribution is 7.12. The molecule has 1 aliphatic rings. The largest absolute Gasteiger partial charge is 0.340 e. The number of hydrogen-bond acceptors (Lipinski definition) is 6. The lowest BCUT2D eigenvalue weighted by molar-refractivity contribution is 0.0709. The third-order valence-electron chi connectivity index (χ3n) is 4.12. The number of aromatic amines is 2. The van der Waals surface area contributed by atoms with E-state index in [2.05, 4.69) is 25.5 Å². The molecular weight excluding hydrogens is 330 g/mol. The van der Waals surface area contributed by atoms with E-state index >= 15 is 0 Å². The standard InChI is InChI=1S/C14H15N7O2S/c22-13(11-10(3-7-24-11)21-6-4-15-19-21)20-5-1-2-9(8-20)12-16-14(23)18-17-12/h3-4,6-7,9H,1-2,5,8H2,(H2,16,17,18,23). The van der Waals surface area contributed by atoms with E-state index in [-0.39, 0.29) is 17.5 Å². The second kappa shape index (κ2) is 6.04. The van der Waals surface area contributed by atoms with Crippen LogP contribution < -0.4 is 5.69 Å². The molecule has 0 aliphatic carbocycles. The number of carbonyl (C=O) groups excluding carboxylic acids is 1. The first-order chi connectivity index (χ1) is 11.7. The quantitative estimate of drug-likeness (QED) is 0.728. The van der Waals surface area contributed by atoms with Gasteiger partial charge in [-0.2, -0.15) is 5.10 Å². The van der Waals surface area contributed by atoms with Crippen LogP contribution in [0, 0.1) is 0 Å². The Hall–Kier alpha value is -2.75. The van der Waals surface area contributed by atoms with Gasteiger partial charge in [0, 0.05) is 19.0 Å². The van der Waals surface area contributed by atoms with Crippen LogP contribution in [0.2, 0.25) is 0 Å². The number of carbonyl (C=O) groups is 1. The monoisotopic (exact) mass is 345 g/mol. The average Bonchev–Trinajstić information content (AvgIpc) is 3.34. The van der Waals surface area contributed by atoms with Crippen LogP contribution in [0.25, 0.3) is 5.69 Å². The van der Waals surface area contributed by atoms with Crippen molar-refractivity contribution in [1.82, 2.24) is 35.1 Å². The highest BCUT2D eigenvalue weighted by Gasteiger charge is 2.29. The molecular formula is C14H15N7O2S. The molecule has 1 unspecified atom stereocenters. The second-order valence-electron chi connectivity index (χ2n) is 5.64. The smallest absolute Gasteiger partial charge is 0.337 e. The molecule has 10 heteroatoms. The predicted octanol–water partition coefficient (Wildman–Crippen LogP) is 0.760. The maximum absolute atomic E-state index is 12.9. The van der Waals surface area contributed by atoms with Crippen molar-refractivity contribution in [1.29, 1.82) is 0 Å². The van der Waals surface area contributed by atoms with E-state index in [1.54, 1.807) is 17.1 Å². The van der Waals surface area contributed by atoms with Crippen molar-refractivity contribution in [2.24, 2.45) is 0 Å². The topological polar surface area (TPSA) is 113 Å². The third-order valence-corrected chi connectivity index (χ3v) is 5.01. The van der Waals surface area contributed by atoms with E-state index in [1.807, 2.05) is 16.3 Å². The number of nitrogens with one attached hydrogen (secondary N) is 2. The summed E-state index contributed by atoms with van der Waals surface area (Å²) in [6.45, 7) is 1.23. The SMILES string of the molecule is O=C(c1sccc1-n1ccnn1)N1CCCC(c2n[nH]c(=O)[nH]2)C1. The zero-order valence-electron chi connectivity index (χ0n) is 12.7. The summed E-state index contributed by atoms with van der Waals surface area (Å²) in [7, 11) is 0. The van der Waals surface area contributed by atoms with Crippen molar-refractivity contribution in [3.8, 4) is 5.69 Å². The van der Waals surface area contributed by atoms with Gasteiger partial charge in [0.1, 0.15) is 10.7 Å². The normalized spacial score (nSPS) is 18.0. The number of piperidine rings is 1. The number of aromatic nitrogens is 6. The van der Waals surface area contributed by atoms with Gasteiger partial charge >= 0.3 is 5.69 Å². The average molecular weight is 345 g/mol. The Bertz CT molecular complexity index is 894. The van der Waals surface area contributed by atoms with Crippen LogP contribution in [0.4, 0.5) is 0 Å². The van der Waals surface area contributed by atoms with Crippen LogP contribution in [-0.4, -0.2) is 54.1 Å². The first-order valence-electron chi connectivity index (χ1n) is 7.60. The van der Waals surface area contributed by atoms with Gasteiger partial charge in [0.2, 0.25) is 0 Å². The van der Waals surface area contributed by atoms with Gasteiger partial charge < -0.3 is 4.90 Å². The van der Waals surface area contributed by atoms with Gasteiger partial charge in [-0.3, -0.25) is 9.78 Å². The number of amides is 1. The molecule has 4 heterocycles. The zero-order valence-corrected chi connectivity index (χ0v) is 13.5. The molecule has 0 radical (unpaired) electrons. The van der Waals surface area contributed by atoms with Gasteiger partial charge in [-0.05, 0) is 24.3 Å². The van der Waals surface area contributed by atoms with Crippen molar-refractivity contribution in [2.75, 3.05) is 13.1 Å². The molecule has 0 spiro atoms. The van der Waals surface area contributed by atoms with Crippen LogP contribution in [-0.2, 0) is 0 Å². The summed E-state index contributed by atoms with van der Waals surface area (Å²) < 4.78 is 1.59. The first kappa shape index (κ1) is 14.8. The van der Waals surface area contributed by atoms with E-state index in [4.69, 9.17) is 0 Å². The van der Waals surface area contributed by atoms with Gasteiger partial charge in [0.15, 0.2) is 0 Å². The van der Waals surface area contributed by atoms with Crippen molar-refractivity contribution < 1.29 is 4.79 Å². The number of hydrogen-bond donors (Lipinski definition) is 2. The Morgan fingerprint density at radius 3 is 3.08 bits per heavy atom. The van der Waals surface area contributed by atoms with Gasteiger partial charge in [-0.25, -0.2) is 14.6 Å². The van der Waals surface area contributed by atoms with Crippen LogP contribution in [0.3, 0.4) is 0 Å². The molecule has 1 fully saturated rings. The first-order valence-corrected chi connectivity index (χ1v) is 8.48. The fourth-order valence-corrected chi connectivity index (χ4v) is 3.83. The third kappa shape index (κ3) is 2.64. The molecule has 3 aromatic rings. The highest BCUT2D eigenvalue weighted by Crippen LogP contribution is 2.28. The number of nitrogens with zero attached hydrogens (tertiary/aromatic N) is 5. The fourth-order valence-electron chi connectivity index (χ4n) is 2.98. The molecule has 9 nitrogen and oxygen atoms in total. The summed E-state index contributed by atoms with van der Waals surface area (Å²) >= 11 is 1.39. The summed E-state index contributed by atoms with van der Waals surface area (Å²) in [6, 6.07) is 1.86. The summed E-state index contributed by atoms with van der Waals surface area (Å²) in [6.07, 6.45) is 5.06. The molecule has 1 atom stereocenters. The van der Waals surface area contributed by atoms with E-state index in [0.29, 0.717) is 23.8 Å². The van der Waals surface area contributed by atoms with Crippen molar-refractivity contribution in [3.05, 3.63) is 45.0 Å². The molecule has 3 aromatic heterocycles.